The molecule has 1 heteroatoms. The topological polar surface area (TPSA) is 3.24 Å². The normalized spacial score (nSPS) is 13.6. The highest BCUT2D eigenvalue weighted by molar-refractivity contribution is 5.15. The lowest BCUT2D eigenvalue weighted by Crippen LogP contribution is -2.36. The lowest BCUT2D eigenvalue weighted by molar-refractivity contribution is 0.207. The van der Waals surface area contributed by atoms with E-state index >= 15 is 0 Å². The molecule has 0 bridgehead atoms. The van der Waals surface area contributed by atoms with Crippen molar-refractivity contribution in [2.24, 2.45) is 0 Å². The van der Waals surface area contributed by atoms with Gasteiger partial charge in [-0.1, -0.05) is 30.3 Å². The van der Waals surface area contributed by atoms with Gasteiger partial charge in [0, 0.05) is 12.1 Å². The van der Waals surface area contributed by atoms with Gasteiger partial charge in [-0.25, -0.2) is 0 Å². The van der Waals surface area contributed by atoms with Crippen LogP contribution < -0.4 is 0 Å². The second-order valence-electron chi connectivity index (χ2n) is 4.30. The van der Waals surface area contributed by atoms with Gasteiger partial charge in [0.25, 0.3) is 0 Å². The Hall–Kier alpha value is -0.820. The molecule has 1 rings (SSSR count). The highest BCUT2D eigenvalue weighted by atomic mass is 15.1. The van der Waals surface area contributed by atoms with E-state index in [1.54, 1.807) is 0 Å². The number of benzene rings is 1. The molecule has 0 unspecified atom stereocenters. The molecule has 0 spiro atoms. The molecule has 1 aromatic rings. The summed E-state index contributed by atoms with van der Waals surface area (Å²) in [7, 11) is 2.19. The number of hydrogen-bond donors (Lipinski definition) is 0. The van der Waals surface area contributed by atoms with Gasteiger partial charge in [-0.05, 0) is 39.8 Å². The predicted octanol–water partition coefficient (Wildman–Crippen LogP) is 2.96. The monoisotopic (exact) mass is 191 g/mol. The minimum atomic E-state index is 0.609. The van der Waals surface area contributed by atoms with Crippen molar-refractivity contribution in [1.82, 2.24) is 4.90 Å². The number of nitrogens with zero attached hydrogens (tertiary/aromatic N) is 1. The Morgan fingerprint density at radius 2 is 1.64 bits per heavy atom. The van der Waals surface area contributed by atoms with Crippen molar-refractivity contribution in [2.75, 3.05) is 7.05 Å². The zero-order valence-corrected chi connectivity index (χ0v) is 9.70. The van der Waals surface area contributed by atoms with Crippen LogP contribution in [-0.4, -0.2) is 24.0 Å². The number of hydrogen-bond acceptors (Lipinski definition) is 1. The molecule has 0 aliphatic rings. The minimum Gasteiger partial charge on any atom is -0.301 e. The molecule has 1 atom stereocenters. The van der Waals surface area contributed by atoms with E-state index in [1.807, 2.05) is 0 Å². The smallest absolute Gasteiger partial charge is 0.0107 e. The summed E-state index contributed by atoms with van der Waals surface area (Å²) in [5.74, 6) is 0. The van der Waals surface area contributed by atoms with Crippen LogP contribution in [0.4, 0.5) is 0 Å². The summed E-state index contributed by atoms with van der Waals surface area (Å²) in [5.41, 5.74) is 1.42. The maximum Gasteiger partial charge on any atom is 0.0107 e. The molecule has 0 N–H and O–H groups in total. The Labute approximate surface area is 87.7 Å². The van der Waals surface area contributed by atoms with E-state index in [2.05, 4.69) is 63.1 Å². The molecule has 0 saturated heterocycles. The van der Waals surface area contributed by atoms with Crippen LogP contribution in [0.5, 0.6) is 0 Å². The summed E-state index contributed by atoms with van der Waals surface area (Å²) in [4.78, 5) is 2.41. The fraction of sp³-hybridized carbons (Fsp3) is 0.538. The molecule has 1 aromatic carbocycles. The molecular formula is C13H21N. The molecule has 0 aliphatic carbocycles. The summed E-state index contributed by atoms with van der Waals surface area (Å²) in [6.07, 6.45) is 1.13. The third-order valence-corrected chi connectivity index (χ3v) is 2.88. The maximum atomic E-state index is 2.41. The van der Waals surface area contributed by atoms with Crippen molar-refractivity contribution in [3.8, 4) is 0 Å². The number of likely N-dealkylation sites (N-methyl/N-ethyl adjacent to an activating group) is 1. The Kier molecular flexibility index (Phi) is 4.15. The molecule has 0 amide bonds. The first kappa shape index (κ1) is 11.3. The lowest BCUT2D eigenvalue weighted by atomic mass is 10.1. The molecule has 0 aliphatic heterocycles. The maximum absolute atomic E-state index is 2.41. The van der Waals surface area contributed by atoms with Crippen LogP contribution >= 0.6 is 0 Å². The largest absolute Gasteiger partial charge is 0.301 e. The van der Waals surface area contributed by atoms with E-state index in [4.69, 9.17) is 0 Å². The van der Waals surface area contributed by atoms with Crippen LogP contribution in [-0.2, 0) is 6.42 Å². The van der Waals surface area contributed by atoms with Gasteiger partial charge in [0.15, 0.2) is 0 Å². The van der Waals surface area contributed by atoms with Crippen LogP contribution in [0.15, 0.2) is 30.3 Å². The second kappa shape index (κ2) is 5.16. The van der Waals surface area contributed by atoms with E-state index < -0.39 is 0 Å². The highest BCUT2D eigenvalue weighted by Crippen LogP contribution is 2.09. The highest BCUT2D eigenvalue weighted by Gasteiger charge is 2.11. The zero-order chi connectivity index (χ0) is 10.6. The lowest BCUT2D eigenvalue weighted by Gasteiger charge is -2.28. The quantitative estimate of drug-likeness (QED) is 0.707. The standard InChI is InChI=1S/C13H21N/c1-11(2)14(4)12(3)10-13-8-6-5-7-9-13/h5-9,11-12H,10H2,1-4H3/t12-/m0/s1. The SMILES string of the molecule is CC(C)N(C)[C@@H](C)Cc1ccccc1. The van der Waals surface area contributed by atoms with Gasteiger partial charge >= 0.3 is 0 Å². The molecule has 0 heterocycles. The third-order valence-electron chi connectivity index (χ3n) is 2.88. The van der Waals surface area contributed by atoms with Crippen molar-refractivity contribution >= 4 is 0 Å². The average molecular weight is 191 g/mol. The summed E-state index contributed by atoms with van der Waals surface area (Å²) in [6, 6.07) is 11.9. The molecule has 78 valence electrons. The molecule has 0 fully saturated rings. The van der Waals surface area contributed by atoms with E-state index in [0.29, 0.717) is 12.1 Å². The number of rotatable bonds is 4. The van der Waals surface area contributed by atoms with Gasteiger partial charge < -0.3 is 4.90 Å². The molecule has 1 nitrogen and oxygen atoms in total. The Bertz CT molecular complexity index is 253. The summed E-state index contributed by atoms with van der Waals surface area (Å²) < 4.78 is 0. The van der Waals surface area contributed by atoms with E-state index in [0.717, 1.165) is 6.42 Å². The van der Waals surface area contributed by atoms with E-state index in [9.17, 15) is 0 Å². The third kappa shape index (κ3) is 3.15. The summed E-state index contributed by atoms with van der Waals surface area (Å²) >= 11 is 0. The molecule has 0 radical (unpaired) electrons. The van der Waals surface area contributed by atoms with Gasteiger partial charge in [0.2, 0.25) is 0 Å². The molecular weight excluding hydrogens is 170 g/mol. The molecule has 0 aromatic heterocycles. The first-order valence-corrected chi connectivity index (χ1v) is 5.37. The van der Waals surface area contributed by atoms with Gasteiger partial charge in [-0.2, -0.15) is 0 Å². The second-order valence-corrected chi connectivity index (χ2v) is 4.30. The first-order valence-electron chi connectivity index (χ1n) is 5.37. The van der Waals surface area contributed by atoms with Crippen molar-refractivity contribution in [1.29, 1.82) is 0 Å². The van der Waals surface area contributed by atoms with Gasteiger partial charge in [-0.15, -0.1) is 0 Å². The Balaban J connectivity index is 2.53. The van der Waals surface area contributed by atoms with Crippen molar-refractivity contribution in [3.63, 3.8) is 0 Å². The predicted molar refractivity (Wildman–Crippen MR) is 62.5 cm³/mol. The summed E-state index contributed by atoms with van der Waals surface area (Å²) in [6.45, 7) is 6.76. The fourth-order valence-electron chi connectivity index (χ4n) is 1.61. The van der Waals surface area contributed by atoms with Gasteiger partial charge in [0.1, 0.15) is 0 Å². The Morgan fingerprint density at radius 1 is 1.07 bits per heavy atom. The van der Waals surface area contributed by atoms with E-state index in [1.165, 1.54) is 5.56 Å². The van der Waals surface area contributed by atoms with Crippen LogP contribution in [0.3, 0.4) is 0 Å². The van der Waals surface area contributed by atoms with E-state index in [-0.39, 0.29) is 0 Å². The van der Waals surface area contributed by atoms with Gasteiger partial charge in [0.05, 0.1) is 0 Å². The zero-order valence-electron chi connectivity index (χ0n) is 9.70. The minimum absolute atomic E-state index is 0.609. The van der Waals surface area contributed by atoms with Gasteiger partial charge in [-0.3, -0.25) is 0 Å². The van der Waals surface area contributed by atoms with Crippen molar-refractivity contribution < 1.29 is 0 Å². The van der Waals surface area contributed by atoms with Crippen molar-refractivity contribution in [3.05, 3.63) is 35.9 Å². The van der Waals surface area contributed by atoms with Crippen molar-refractivity contribution in [2.45, 2.75) is 39.3 Å². The molecule has 0 saturated carbocycles. The van der Waals surface area contributed by atoms with Crippen LogP contribution in [0.1, 0.15) is 26.3 Å². The van der Waals surface area contributed by atoms with Crippen LogP contribution in [0.25, 0.3) is 0 Å². The average Bonchev–Trinajstić information content (AvgIpc) is 2.18. The Morgan fingerprint density at radius 3 is 2.14 bits per heavy atom. The van der Waals surface area contributed by atoms with Crippen LogP contribution in [0, 0.1) is 0 Å². The first-order chi connectivity index (χ1) is 6.61. The van der Waals surface area contributed by atoms with Crippen LogP contribution in [0.2, 0.25) is 0 Å². The fourth-order valence-corrected chi connectivity index (χ4v) is 1.61. The molecule has 14 heavy (non-hydrogen) atoms. The summed E-state index contributed by atoms with van der Waals surface area (Å²) in [5, 5.41) is 0.